The first-order valence-electron chi connectivity index (χ1n) is 10.2. The van der Waals surface area contributed by atoms with Gasteiger partial charge < -0.3 is 19.5 Å². The van der Waals surface area contributed by atoms with Gasteiger partial charge in [0.25, 0.3) is 0 Å². The molecule has 2 aromatic rings. The van der Waals surface area contributed by atoms with Crippen molar-refractivity contribution in [1.82, 2.24) is 4.90 Å². The normalized spacial score (nSPS) is 18.6. The summed E-state index contributed by atoms with van der Waals surface area (Å²) in [6, 6.07) is 11.4. The van der Waals surface area contributed by atoms with Crippen LogP contribution in [-0.2, 0) is 16.8 Å². The molecule has 7 heteroatoms. The summed E-state index contributed by atoms with van der Waals surface area (Å²) >= 11 is 12.4. The summed E-state index contributed by atoms with van der Waals surface area (Å²) in [5, 5.41) is 10.3. The summed E-state index contributed by atoms with van der Waals surface area (Å²) in [6.07, 6.45) is 1.92. The molecule has 1 unspecified atom stereocenters. The molecule has 2 heterocycles. The number of carboxylic acids is 1. The van der Waals surface area contributed by atoms with Crippen molar-refractivity contribution in [2.24, 2.45) is 5.92 Å². The first kappa shape index (κ1) is 21.3. The number of benzene rings is 2. The van der Waals surface area contributed by atoms with E-state index in [9.17, 15) is 4.79 Å². The molecule has 5 nitrogen and oxygen atoms in total. The molecule has 2 aliphatic heterocycles. The predicted octanol–water partition coefficient (Wildman–Crippen LogP) is 5.02. The zero-order valence-electron chi connectivity index (χ0n) is 16.9. The minimum Gasteiger partial charge on any atom is -0.492 e. The Morgan fingerprint density at radius 2 is 1.93 bits per heavy atom. The average Bonchev–Trinajstić information content (AvgIpc) is 3.07. The van der Waals surface area contributed by atoms with Crippen molar-refractivity contribution in [3.8, 4) is 11.5 Å². The van der Waals surface area contributed by atoms with Gasteiger partial charge in [0, 0.05) is 39.2 Å². The van der Waals surface area contributed by atoms with Crippen LogP contribution in [0.3, 0.4) is 0 Å². The van der Waals surface area contributed by atoms with E-state index in [1.54, 1.807) is 19.1 Å². The highest BCUT2D eigenvalue weighted by atomic mass is 35.5. The highest BCUT2D eigenvalue weighted by Crippen LogP contribution is 2.46. The largest absolute Gasteiger partial charge is 0.492 e. The number of aliphatic carboxylic acids is 1. The van der Waals surface area contributed by atoms with E-state index in [4.69, 9.17) is 37.8 Å². The zero-order valence-corrected chi connectivity index (χ0v) is 18.4. The van der Waals surface area contributed by atoms with Crippen LogP contribution in [0.1, 0.15) is 30.9 Å². The second kappa shape index (κ2) is 8.66. The second-order valence-corrected chi connectivity index (χ2v) is 9.07. The Morgan fingerprint density at radius 1 is 1.23 bits per heavy atom. The van der Waals surface area contributed by atoms with E-state index in [2.05, 4.69) is 11.0 Å². The van der Waals surface area contributed by atoms with Gasteiger partial charge in [-0.2, -0.15) is 0 Å². The van der Waals surface area contributed by atoms with Crippen molar-refractivity contribution < 1.29 is 19.4 Å². The Bertz CT molecular complexity index is 921. The Morgan fingerprint density at radius 3 is 2.60 bits per heavy atom. The summed E-state index contributed by atoms with van der Waals surface area (Å²) in [4.78, 5) is 13.4. The van der Waals surface area contributed by atoms with E-state index in [1.165, 1.54) is 5.56 Å². The lowest BCUT2D eigenvalue weighted by Crippen LogP contribution is -2.45. The van der Waals surface area contributed by atoms with Gasteiger partial charge in [0.2, 0.25) is 0 Å². The molecule has 160 valence electrons. The molecule has 0 bridgehead atoms. The third-order valence-electron chi connectivity index (χ3n) is 6.24. The summed E-state index contributed by atoms with van der Waals surface area (Å²) in [6.45, 7) is 5.06. The van der Waals surface area contributed by atoms with Crippen molar-refractivity contribution in [1.29, 1.82) is 0 Å². The molecule has 2 aliphatic rings. The molecule has 1 saturated heterocycles. The first-order chi connectivity index (χ1) is 14.4. The summed E-state index contributed by atoms with van der Waals surface area (Å²) in [5.41, 5.74) is 1.99. The average molecular weight is 450 g/mol. The minimum absolute atomic E-state index is 0.00285. The Labute approximate surface area is 186 Å². The SMILES string of the molecule is CC(CN1CCC2(CC1)COc1cc(OCc3c(Cl)cccc3Cl)ccc12)C(=O)O. The Kier molecular flexibility index (Phi) is 6.14. The number of likely N-dealkylation sites (tertiary alicyclic amines) is 1. The van der Waals surface area contributed by atoms with Crippen LogP contribution in [0.25, 0.3) is 0 Å². The van der Waals surface area contributed by atoms with Crippen LogP contribution in [0.4, 0.5) is 0 Å². The quantitative estimate of drug-likeness (QED) is 0.670. The van der Waals surface area contributed by atoms with Gasteiger partial charge in [-0.3, -0.25) is 4.79 Å². The third-order valence-corrected chi connectivity index (χ3v) is 6.95. The van der Waals surface area contributed by atoms with Crippen LogP contribution in [0.15, 0.2) is 36.4 Å². The van der Waals surface area contributed by atoms with E-state index < -0.39 is 5.97 Å². The van der Waals surface area contributed by atoms with Gasteiger partial charge in [0.1, 0.15) is 18.1 Å². The molecule has 1 atom stereocenters. The molecule has 0 aromatic heterocycles. The van der Waals surface area contributed by atoms with Crippen molar-refractivity contribution in [3.05, 3.63) is 57.6 Å². The molecule has 0 amide bonds. The van der Waals surface area contributed by atoms with Crippen molar-refractivity contribution in [2.75, 3.05) is 26.2 Å². The van der Waals surface area contributed by atoms with Gasteiger partial charge in [-0.1, -0.05) is 42.3 Å². The van der Waals surface area contributed by atoms with Crippen LogP contribution < -0.4 is 9.47 Å². The van der Waals surface area contributed by atoms with Crippen LogP contribution >= 0.6 is 23.2 Å². The minimum atomic E-state index is -0.740. The number of halogens is 2. The molecular weight excluding hydrogens is 425 g/mol. The Hall–Kier alpha value is -1.95. The van der Waals surface area contributed by atoms with Gasteiger partial charge >= 0.3 is 5.97 Å². The number of nitrogens with zero attached hydrogens (tertiary/aromatic N) is 1. The van der Waals surface area contributed by atoms with Gasteiger partial charge in [0.15, 0.2) is 0 Å². The van der Waals surface area contributed by atoms with Gasteiger partial charge in [-0.15, -0.1) is 0 Å². The number of rotatable bonds is 6. The number of piperidine rings is 1. The summed E-state index contributed by atoms with van der Waals surface area (Å²) in [7, 11) is 0. The predicted molar refractivity (Wildman–Crippen MR) is 117 cm³/mol. The molecule has 1 spiro atoms. The summed E-state index contributed by atoms with van der Waals surface area (Å²) < 4.78 is 12.0. The molecule has 30 heavy (non-hydrogen) atoms. The van der Waals surface area contributed by atoms with Crippen LogP contribution in [0.5, 0.6) is 11.5 Å². The monoisotopic (exact) mass is 449 g/mol. The van der Waals surface area contributed by atoms with E-state index in [1.807, 2.05) is 18.2 Å². The van der Waals surface area contributed by atoms with E-state index >= 15 is 0 Å². The Balaban J connectivity index is 1.41. The topological polar surface area (TPSA) is 59.0 Å². The van der Waals surface area contributed by atoms with Crippen LogP contribution in [0.2, 0.25) is 10.0 Å². The zero-order chi connectivity index (χ0) is 21.3. The number of hydrogen-bond donors (Lipinski definition) is 1. The highest BCUT2D eigenvalue weighted by molar-refractivity contribution is 6.35. The highest BCUT2D eigenvalue weighted by Gasteiger charge is 2.43. The number of fused-ring (bicyclic) bond motifs is 2. The molecular formula is C23H25Cl2NO4. The van der Waals surface area contributed by atoms with Gasteiger partial charge in [0.05, 0.1) is 12.5 Å². The van der Waals surface area contributed by atoms with Crippen molar-refractivity contribution in [3.63, 3.8) is 0 Å². The van der Waals surface area contributed by atoms with Gasteiger partial charge in [-0.25, -0.2) is 0 Å². The fourth-order valence-electron chi connectivity index (χ4n) is 4.31. The molecule has 1 fully saturated rings. The van der Waals surface area contributed by atoms with Gasteiger partial charge in [-0.05, 0) is 44.1 Å². The molecule has 0 saturated carbocycles. The standard InChI is InChI=1S/C23H25Cl2NO4/c1-15(22(27)28)12-26-9-7-23(8-10-26)14-30-21-11-16(5-6-18(21)23)29-13-17-19(24)3-2-4-20(17)25/h2-6,11,15H,7-10,12-14H2,1H3,(H,27,28). The lowest BCUT2D eigenvalue weighted by Gasteiger charge is -2.39. The second-order valence-electron chi connectivity index (χ2n) is 8.26. The molecule has 0 aliphatic carbocycles. The van der Waals surface area contributed by atoms with E-state index in [0.717, 1.165) is 43.0 Å². The molecule has 4 rings (SSSR count). The van der Waals surface area contributed by atoms with E-state index in [-0.39, 0.29) is 11.3 Å². The lowest BCUT2D eigenvalue weighted by atomic mass is 9.74. The number of carboxylic acid groups (broad SMARTS) is 1. The number of hydrogen-bond acceptors (Lipinski definition) is 4. The third kappa shape index (κ3) is 4.25. The van der Waals surface area contributed by atoms with Crippen molar-refractivity contribution in [2.45, 2.75) is 31.8 Å². The maximum absolute atomic E-state index is 11.1. The fourth-order valence-corrected chi connectivity index (χ4v) is 4.82. The summed E-state index contributed by atoms with van der Waals surface area (Å²) in [5.74, 6) is 0.493. The molecule has 2 aromatic carbocycles. The lowest BCUT2D eigenvalue weighted by molar-refractivity contribution is -0.141. The molecule has 1 N–H and O–H groups in total. The first-order valence-corrected chi connectivity index (χ1v) is 10.9. The maximum atomic E-state index is 11.1. The van der Waals surface area contributed by atoms with Crippen LogP contribution in [0, 0.1) is 5.92 Å². The maximum Gasteiger partial charge on any atom is 0.307 e. The molecule has 0 radical (unpaired) electrons. The van der Waals surface area contributed by atoms with E-state index in [0.29, 0.717) is 29.8 Å². The van der Waals surface area contributed by atoms with Crippen LogP contribution in [-0.4, -0.2) is 42.2 Å². The number of ether oxygens (including phenoxy) is 2. The van der Waals surface area contributed by atoms with Crippen molar-refractivity contribution >= 4 is 29.2 Å². The smallest absolute Gasteiger partial charge is 0.307 e. The number of carbonyl (C=O) groups is 1. The fraction of sp³-hybridized carbons (Fsp3) is 0.435.